The second kappa shape index (κ2) is 8.27. The molecule has 2 atom stereocenters. The Kier molecular flexibility index (Phi) is 6.04. The van der Waals surface area contributed by atoms with Gasteiger partial charge in [0.15, 0.2) is 5.78 Å². The van der Waals surface area contributed by atoms with Gasteiger partial charge in [-0.15, -0.1) is 0 Å². The van der Waals surface area contributed by atoms with Crippen molar-refractivity contribution >= 4 is 11.8 Å². The first-order chi connectivity index (χ1) is 12.4. The number of piperidine rings is 2. The summed E-state index contributed by atoms with van der Waals surface area (Å²) in [5.74, 6) is -0.479. The van der Waals surface area contributed by atoms with E-state index in [0.717, 1.165) is 45.4 Å². The SMILES string of the molecule is CC(=O)OC1CCN(C)CC1N1CCC(C(=O)c2ccc(F)cc2)CC1. The predicted octanol–water partition coefficient (Wildman–Crippen LogP) is 2.36. The van der Waals surface area contributed by atoms with Crippen LogP contribution >= 0.6 is 0 Å². The zero-order valence-corrected chi connectivity index (χ0v) is 15.5. The van der Waals surface area contributed by atoms with Gasteiger partial charge in [0.1, 0.15) is 11.9 Å². The Labute approximate surface area is 154 Å². The van der Waals surface area contributed by atoms with E-state index in [0.29, 0.717) is 5.56 Å². The lowest BCUT2D eigenvalue weighted by molar-refractivity contribution is -0.153. The molecule has 1 aromatic rings. The minimum absolute atomic E-state index is 0.0230. The van der Waals surface area contributed by atoms with Gasteiger partial charge in [0, 0.05) is 31.5 Å². The Hall–Kier alpha value is -1.79. The minimum atomic E-state index is -0.325. The van der Waals surface area contributed by atoms with E-state index in [-0.39, 0.29) is 35.6 Å². The van der Waals surface area contributed by atoms with Crippen molar-refractivity contribution in [1.29, 1.82) is 0 Å². The van der Waals surface area contributed by atoms with Crippen LogP contribution in [0.25, 0.3) is 0 Å². The number of esters is 1. The average Bonchev–Trinajstić information content (AvgIpc) is 2.63. The lowest BCUT2D eigenvalue weighted by Gasteiger charge is -2.44. The number of carbonyl (C=O) groups is 2. The van der Waals surface area contributed by atoms with Gasteiger partial charge in [-0.2, -0.15) is 0 Å². The maximum Gasteiger partial charge on any atom is 0.302 e. The van der Waals surface area contributed by atoms with Crippen molar-refractivity contribution in [2.24, 2.45) is 5.92 Å². The number of ether oxygens (including phenoxy) is 1. The van der Waals surface area contributed by atoms with Crippen molar-refractivity contribution < 1.29 is 18.7 Å². The number of hydrogen-bond acceptors (Lipinski definition) is 5. The van der Waals surface area contributed by atoms with Gasteiger partial charge in [-0.3, -0.25) is 14.5 Å². The number of likely N-dealkylation sites (tertiary alicyclic amines) is 2. The second-order valence-electron chi connectivity index (χ2n) is 7.45. The molecule has 26 heavy (non-hydrogen) atoms. The molecule has 0 spiro atoms. The summed E-state index contributed by atoms with van der Waals surface area (Å²) < 4.78 is 18.6. The Morgan fingerprint density at radius 3 is 2.35 bits per heavy atom. The topological polar surface area (TPSA) is 49.9 Å². The molecule has 0 aliphatic carbocycles. The largest absolute Gasteiger partial charge is 0.461 e. The quantitative estimate of drug-likeness (QED) is 0.608. The molecule has 0 amide bonds. The molecule has 2 heterocycles. The van der Waals surface area contributed by atoms with Crippen LogP contribution < -0.4 is 0 Å². The maximum atomic E-state index is 13.1. The van der Waals surface area contributed by atoms with E-state index in [9.17, 15) is 14.0 Å². The summed E-state index contributed by atoms with van der Waals surface area (Å²) in [6.45, 7) is 4.88. The highest BCUT2D eigenvalue weighted by molar-refractivity contribution is 5.97. The number of nitrogens with zero attached hydrogens (tertiary/aromatic N) is 2. The van der Waals surface area contributed by atoms with Crippen LogP contribution in [0.5, 0.6) is 0 Å². The van der Waals surface area contributed by atoms with Crippen LogP contribution in [0.15, 0.2) is 24.3 Å². The number of hydrogen-bond donors (Lipinski definition) is 0. The van der Waals surface area contributed by atoms with Crippen LogP contribution in [-0.4, -0.2) is 66.9 Å². The lowest BCUT2D eigenvalue weighted by atomic mass is 9.87. The number of rotatable bonds is 4. The number of carbonyl (C=O) groups excluding carboxylic acids is 2. The zero-order chi connectivity index (χ0) is 18.7. The highest BCUT2D eigenvalue weighted by Crippen LogP contribution is 2.27. The summed E-state index contributed by atoms with van der Waals surface area (Å²) in [7, 11) is 2.09. The van der Waals surface area contributed by atoms with Gasteiger partial charge in [0.05, 0.1) is 6.04 Å². The molecule has 2 aliphatic heterocycles. The molecule has 5 nitrogen and oxygen atoms in total. The Bertz CT molecular complexity index is 641. The predicted molar refractivity (Wildman–Crippen MR) is 96.5 cm³/mol. The first-order valence-electron chi connectivity index (χ1n) is 9.33. The van der Waals surface area contributed by atoms with Gasteiger partial charge in [-0.05, 0) is 63.7 Å². The van der Waals surface area contributed by atoms with Crippen molar-refractivity contribution in [3.05, 3.63) is 35.6 Å². The van der Waals surface area contributed by atoms with E-state index in [1.165, 1.54) is 19.1 Å². The molecule has 2 unspecified atom stereocenters. The van der Waals surface area contributed by atoms with Crippen LogP contribution in [0.1, 0.15) is 36.5 Å². The molecule has 0 saturated carbocycles. The van der Waals surface area contributed by atoms with Crippen molar-refractivity contribution in [2.45, 2.75) is 38.3 Å². The summed E-state index contributed by atoms with van der Waals surface area (Å²) in [5, 5.41) is 0. The fourth-order valence-electron chi connectivity index (χ4n) is 4.11. The lowest BCUT2D eigenvalue weighted by Crippen LogP contribution is -2.57. The number of likely N-dealkylation sites (N-methyl/N-ethyl adjacent to an activating group) is 1. The Balaban J connectivity index is 1.60. The van der Waals surface area contributed by atoms with Crippen LogP contribution in [0, 0.1) is 11.7 Å². The summed E-state index contributed by atoms with van der Waals surface area (Å²) >= 11 is 0. The Morgan fingerprint density at radius 1 is 1.08 bits per heavy atom. The number of ketones is 1. The van der Waals surface area contributed by atoms with Crippen molar-refractivity contribution in [3.63, 3.8) is 0 Å². The fourth-order valence-corrected chi connectivity index (χ4v) is 4.11. The number of benzene rings is 1. The molecule has 6 heteroatoms. The second-order valence-corrected chi connectivity index (χ2v) is 7.45. The van der Waals surface area contributed by atoms with E-state index >= 15 is 0 Å². The molecular formula is C20H27FN2O3. The minimum Gasteiger partial charge on any atom is -0.461 e. The fraction of sp³-hybridized carbons (Fsp3) is 0.600. The van der Waals surface area contributed by atoms with Gasteiger partial charge in [-0.25, -0.2) is 4.39 Å². The van der Waals surface area contributed by atoms with Gasteiger partial charge in [0.2, 0.25) is 0 Å². The highest BCUT2D eigenvalue weighted by Gasteiger charge is 2.37. The third-order valence-corrected chi connectivity index (χ3v) is 5.54. The van der Waals surface area contributed by atoms with Crippen LogP contribution in [0.2, 0.25) is 0 Å². The summed E-state index contributed by atoms with van der Waals surface area (Å²) in [5.41, 5.74) is 0.583. The van der Waals surface area contributed by atoms with Gasteiger partial charge >= 0.3 is 5.97 Å². The molecule has 0 radical (unpaired) electrons. The smallest absolute Gasteiger partial charge is 0.302 e. The molecular weight excluding hydrogens is 335 g/mol. The monoisotopic (exact) mass is 362 g/mol. The molecule has 0 bridgehead atoms. The Morgan fingerprint density at radius 2 is 1.73 bits per heavy atom. The average molecular weight is 362 g/mol. The van der Waals surface area contributed by atoms with Gasteiger partial charge in [-0.1, -0.05) is 0 Å². The van der Waals surface area contributed by atoms with E-state index in [1.807, 2.05) is 0 Å². The van der Waals surface area contributed by atoms with Gasteiger partial charge < -0.3 is 9.64 Å². The molecule has 0 aromatic heterocycles. The van der Waals surface area contributed by atoms with Crippen molar-refractivity contribution in [3.8, 4) is 0 Å². The number of Topliss-reactive ketones (excluding diaryl/α,β-unsaturated/α-hetero) is 1. The van der Waals surface area contributed by atoms with Crippen LogP contribution in [0.4, 0.5) is 4.39 Å². The van der Waals surface area contributed by atoms with E-state index in [2.05, 4.69) is 16.8 Å². The maximum absolute atomic E-state index is 13.1. The zero-order valence-electron chi connectivity index (χ0n) is 15.5. The van der Waals surface area contributed by atoms with Crippen molar-refractivity contribution in [1.82, 2.24) is 9.80 Å². The molecule has 3 rings (SSSR count). The van der Waals surface area contributed by atoms with E-state index in [4.69, 9.17) is 4.74 Å². The van der Waals surface area contributed by atoms with E-state index in [1.54, 1.807) is 12.1 Å². The summed E-state index contributed by atoms with van der Waals surface area (Å²) in [6.07, 6.45) is 2.33. The first-order valence-corrected chi connectivity index (χ1v) is 9.33. The van der Waals surface area contributed by atoms with Crippen LogP contribution in [0.3, 0.4) is 0 Å². The van der Waals surface area contributed by atoms with E-state index < -0.39 is 0 Å². The standard InChI is InChI=1S/C20H27FN2O3/c1-14(24)26-19-9-10-22(2)13-18(19)23-11-7-16(8-12-23)20(25)15-3-5-17(21)6-4-15/h3-6,16,18-19H,7-13H2,1-2H3. The number of halogens is 1. The summed E-state index contributed by atoms with van der Waals surface area (Å²) in [6, 6.07) is 5.99. The first kappa shape index (κ1) is 19.0. The third-order valence-electron chi connectivity index (χ3n) is 5.54. The molecule has 1 aromatic carbocycles. The molecule has 2 aliphatic rings. The van der Waals surface area contributed by atoms with Crippen molar-refractivity contribution in [2.75, 3.05) is 33.2 Å². The molecule has 2 fully saturated rings. The summed E-state index contributed by atoms with van der Waals surface area (Å²) in [4.78, 5) is 28.7. The normalized spacial score (nSPS) is 25.8. The third kappa shape index (κ3) is 4.48. The molecule has 0 N–H and O–H groups in total. The van der Waals surface area contributed by atoms with Gasteiger partial charge in [0.25, 0.3) is 0 Å². The highest BCUT2D eigenvalue weighted by atomic mass is 19.1. The molecule has 142 valence electrons. The molecule has 2 saturated heterocycles. The van der Waals surface area contributed by atoms with Crippen LogP contribution in [-0.2, 0) is 9.53 Å².